The molecule has 0 spiro atoms. The summed E-state index contributed by atoms with van der Waals surface area (Å²) in [5.41, 5.74) is 5.81. The molecular weight excluding hydrogens is 260 g/mol. The second-order valence-corrected chi connectivity index (χ2v) is 7.59. The number of aryl methyl sites for hydroxylation is 1. The minimum Gasteiger partial charge on any atom is -0.271 e. The topological polar surface area (TPSA) is 38.0 Å². The average Bonchev–Trinajstić information content (AvgIpc) is 2.39. The molecule has 100 valence electrons. The molecular formula is C14H22N2S2. The van der Waals surface area contributed by atoms with Crippen molar-refractivity contribution in [3.05, 3.63) is 35.4 Å². The molecule has 0 aliphatic carbocycles. The Labute approximate surface area is 118 Å². The molecule has 4 heteroatoms. The maximum absolute atomic E-state index is 5.79. The smallest absolute Gasteiger partial charge is 0.0380 e. The van der Waals surface area contributed by atoms with E-state index in [-0.39, 0.29) is 0 Å². The molecule has 1 saturated heterocycles. The van der Waals surface area contributed by atoms with Gasteiger partial charge in [-0.05, 0) is 24.5 Å². The molecule has 3 atom stereocenters. The van der Waals surface area contributed by atoms with Gasteiger partial charge >= 0.3 is 0 Å². The third kappa shape index (κ3) is 3.44. The van der Waals surface area contributed by atoms with Gasteiger partial charge in [-0.25, -0.2) is 0 Å². The van der Waals surface area contributed by atoms with E-state index < -0.39 is 0 Å². The summed E-state index contributed by atoms with van der Waals surface area (Å²) in [5, 5.41) is 1.28. The van der Waals surface area contributed by atoms with Crippen molar-refractivity contribution in [1.29, 1.82) is 0 Å². The van der Waals surface area contributed by atoms with E-state index in [1.165, 1.54) is 22.6 Å². The molecule has 1 fully saturated rings. The molecule has 1 aromatic carbocycles. The Bertz CT molecular complexity index is 384. The van der Waals surface area contributed by atoms with Gasteiger partial charge in [0.2, 0.25) is 0 Å². The van der Waals surface area contributed by atoms with Gasteiger partial charge in [-0.15, -0.1) is 0 Å². The first kappa shape index (κ1) is 14.3. The number of hydrogen-bond acceptors (Lipinski definition) is 4. The predicted molar refractivity (Wildman–Crippen MR) is 84.2 cm³/mol. The highest BCUT2D eigenvalue weighted by Gasteiger charge is 2.29. The van der Waals surface area contributed by atoms with Gasteiger partial charge in [0.25, 0.3) is 0 Å². The highest BCUT2D eigenvalue weighted by Crippen LogP contribution is 2.34. The first-order valence-electron chi connectivity index (χ1n) is 6.46. The Hall–Kier alpha value is -0.160. The maximum Gasteiger partial charge on any atom is 0.0380 e. The summed E-state index contributed by atoms with van der Waals surface area (Å²) in [7, 11) is 0. The van der Waals surface area contributed by atoms with E-state index in [9.17, 15) is 0 Å². The van der Waals surface area contributed by atoms with Crippen LogP contribution in [-0.2, 0) is 6.42 Å². The van der Waals surface area contributed by atoms with Gasteiger partial charge in [-0.2, -0.15) is 23.5 Å². The Kier molecular flexibility index (Phi) is 5.42. The molecule has 0 amide bonds. The quantitative estimate of drug-likeness (QED) is 0.658. The number of thioether (sulfide) groups is 2. The lowest BCUT2D eigenvalue weighted by atomic mass is 9.98. The number of benzene rings is 1. The summed E-state index contributed by atoms with van der Waals surface area (Å²) in [6.07, 6.45) is 1.02. The summed E-state index contributed by atoms with van der Waals surface area (Å²) in [4.78, 5) is 0. The number of rotatable bonds is 4. The SMILES string of the molecule is Cc1ccccc1CC(NN)C1SCCSC1C. The van der Waals surface area contributed by atoms with Gasteiger partial charge < -0.3 is 0 Å². The van der Waals surface area contributed by atoms with E-state index in [1.807, 2.05) is 0 Å². The normalized spacial score (nSPS) is 25.9. The molecule has 2 rings (SSSR count). The standard InChI is InChI=1S/C14H22N2S2/c1-10-5-3-4-6-12(10)9-13(16-15)14-11(2)17-7-8-18-14/h3-6,11,13-14,16H,7-9,15H2,1-2H3. The van der Waals surface area contributed by atoms with Crippen molar-refractivity contribution in [2.24, 2.45) is 5.84 Å². The van der Waals surface area contributed by atoms with Crippen molar-refractivity contribution in [3.8, 4) is 0 Å². The van der Waals surface area contributed by atoms with E-state index >= 15 is 0 Å². The molecule has 1 heterocycles. The molecule has 1 aromatic rings. The molecule has 3 unspecified atom stereocenters. The number of nitrogens with two attached hydrogens (primary N) is 1. The second kappa shape index (κ2) is 6.85. The molecule has 2 nitrogen and oxygen atoms in total. The fourth-order valence-electron chi connectivity index (χ4n) is 2.44. The minimum atomic E-state index is 0.360. The molecule has 18 heavy (non-hydrogen) atoms. The zero-order valence-electron chi connectivity index (χ0n) is 11.1. The van der Waals surface area contributed by atoms with Gasteiger partial charge in [0, 0.05) is 28.0 Å². The van der Waals surface area contributed by atoms with E-state index in [2.05, 4.69) is 67.1 Å². The molecule has 0 radical (unpaired) electrons. The van der Waals surface area contributed by atoms with Crippen molar-refractivity contribution in [2.45, 2.75) is 36.8 Å². The van der Waals surface area contributed by atoms with E-state index in [1.54, 1.807) is 0 Å². The van der Waals surface area contributed by atoms with Crippen molar-refractivity contribution >= 4 is 23.5 Å². The van der Waals surface area contributed by atoms with Crippen LogP contribution in [0.5, 0.6) is 0 Å². The second-order valence-electron chi connectivity index (χ2n) is 4.82. The minimum absolute atomic E-state index is 0.360. The van der Waals surface area contributed by atoms with Gasteiger partial charge in [-0.3, -0.25) is 11.3 Å². The Balaban J connectivity index is 2.07. The van der Waals surface area contributed by atoms with Crippen LogP contribution in [0, 0.1) is 6.92 Å². The summed E-state index contributed by atoms with van der Waals surface area (Å²) >= 11 is 4.13. The zero-order valence-corrected chi connectivity index (χ0v) is 12.7. The molecule has 0 saturated carbocycles. The third-order valence-electron chi connectivity index (χ3n) is 3.55. The average molecular weight is 282 g/mol. The van der Waals surface area contributed by atoms with Crippen LogP contribution in [0.3, 0.4) is 0 Å². The van der Waals surface area contributed by atoms with Crippen molar-refractivity contribution < 1.29 is 0 Å². The zero-order chi connectivity index (χ0) is 13.0. The molecule has 1 aliphatic heterocycles. The molecule has 0 aromatic heterocycles. The van der Waals surface area contributed by atoms with Crippen LogP contribution in [0.1, 0.15) is 18.1 Å². The summed E-state index contributed by atoms with van der Waals surface area (Å²) in [6, 6.07) is 8.96. The Morgan fingerprint density at radius 3 is 2.72 bits per heavy atom. The van der Waals surface area contributed by atoms with E-state index in [0.717, 1.165) is 6.42 Å². The number of nitrogens with one attached hydrogen (secondary N) is 1. The van der Waals surface area contributed by atoms with Gasteiger partial charge in [-0.1, -0.05) is 31.2 Å². The molecule has 1 aliphatic rings. The number of hydrogen-bond donors (Lipinski definition) is 2. The number of hydrazine groups is 1. The van der Waals surface area contributed by atoms with Crippen LogP contribution in [0.2, 0.25) is 0 Å². The summed E-state index contributed by atoms with van der Waals surface area (Å²) < 4.78 is 0. The fraction of sp³-hybridized carbons (Fsp3) is 0.571. The Morgan fingerprint density at radius 2 is 2.06 bits per heavy atom. The van der Waals surface area contributed by atoms with Crippen LogP contribution in [0.4, 0.5) is 0 Å². The summed E-state index contributed by atoms with van der Waals surface area (Å²) in [6.45, 7) is 4.50. The predicted octanol–water partition coefficient (Wildman–Crippen LogP) is 2.61. The molecule has 3 N–H and O–H groups in total. The van der Waals surface area contributed by atoms with E-state index in [4.69, 9.17) is 5.84 Å². The van der Waals surface area contributed by atoms with Crippen LogP contribution in [-0.4, -0.2) is 28.0 Å². The van der Waals surface area contributed by atoms with E-state index in [0.29, 0.717) is 16.5 Å². The largest absolute Gasteiger partial charge is 0.271 e. The maximum atomic E-state index is 5.79. The highest BCUT2D eigenvalue weighted by atomic mass is 32.2. The lowest BCUT2D eigenvalue weighted by Crippen LogP contribution is -2.48. The Morgan fingerprint density at radius 1 is 1.33 bits per heavy atom. The third-order valence-corrected chi connectivity index (χ3v) is 6.80. The lowest BCUT2D eigenvalue weighted by molar-refractivity contribution is 0.500. The van der Waals surface area contributed by atoms with Gasteiger partial charge in [0.1, 0.15) is 0 Å². The fourth-order valence-corrected chi connectivity index (χ4v) is 5.38. The van der Waals surface area contributed by atoms with Crippen LogP contribution in [0.25, 0.3) is 0 Å². The van der Waals surface area contributed by atoms with Crippen LogP contribution in [0.15, 0.2) is 24.3 Å². The molecule has 0 bridgehead atoms. The van der Waals surface area contributed by atoms with Crippen molar-refractivity contribution in [1.82, 2.24) is 5.43 Å². The summed E-state index contributed by atoms with van der Waals surface area (Å²) in [5.74, 6) is 8.30. The highest BCUT2D eigenvalue weighted by molar-refractivity contribution is 8.07. The van der Waals surface area contributed by atoms with Gasteiger partial charge in [0.15, 0.2) is 0 Å². The van der Waals surface area contributed by atoms with Crippen molar-refractivity contribution in [2.75, 3.05) is 11.5 Å². The van der Waals surface area contributed by atoms with Crippen molar-refractivity contribution in [3.63, 3.8) is 0 Å². The van der Waals surface area contributed by atoms with Crippen LogP contribution >= 0.6 is 23.5 Å². The first-order chi connectivity index (χ1) is 8.72. The van der Waals surface area contributed by atoms with Crippen LogP contribution < -0.4 is 11.3 Å². The lowest BCUT2D eigenvalue weighted by Gasteiger charge is -2.34. The van der Waals surface area contributed by atoms with Gasteiger partial charge in [0.05, 0.1) is 0 Å². The first-order valence-corrected chi connectivity index (χ1v) is 8.56. The monoisotopic (exact) mass is 282 g/mol.